The molecule has 4 heteroatoms. The number of aryl methyl sites for hydroxylation is 1. The number of fused-ring (bicyclic) bond motifs is 1. The Morgan fingerprint density at radius 2 is 2.05 bits per heavy atom. The van der Waals surface area contributed by atoms with E-state index in [1.807, 2.05) is 17.5 Å². The average Bonchev–Trinajstić information content (AvgIpc) is 3.02. The fraction of sp³-hybridized carbons (Fsp3) is 0.278. The molecule has 0 radical (unpaired) electrons. The molecule has 0 bridgehead atoms. The largest absolute Gasteiger partial charge is 0.365 e. The van der Waals surface area contributed by atoms with Gasteiger partial charge in [0.15, 0.2) is 0 Å². The smallest absolute Gasteiger partial charge is 0.140 e. The van der Waals surface area contributed by atoms with Crippen LogP contribution in [0.25, 0.3) is 16.2 Å². The number of rotatable bonds is 2. The molecule has 0 fully saturated rings. The molecule has 0 spiro atoms. The number of aromatic nitrogens is 2. The number of thiophene rings is 1. The Labute approximate surface area is 135 Å². The van der Waals surface area contributed by atoms with Crippen LogP contribution in [0.5, 0.6) is 0 Å². The number of pyridine rings is 1. The molecule has 0 unspecified atom stereocenters. The second-order valence-electron chi connectivity index (χ2n) is 6.43. The molecule has 3 heterocycles. The van der Waals surface area contributed by atoms with E-state index in [-0.39, 0.29) is 5.54 Å². The Hall–Kier alpha value is -2.25. The second kappa shape index (κ2) is 5.19. The zero-order valence-electron chi connectivity index (χ0n) is 13.3. The maximum absolute atomic E-state index is 5.63. The van der Waals surface area contributed by atoms with E-state index in [1.165, 1.54) is 5.56 Å². The minimum Gasteiger partial charge on any atom is -0.365 e. The van der Waals surface area contributed by atoms with Crippen LogP contribution in [-0.4, -0.2) is 14.9 Å². The van der Waals surface area contributed by atoms with Crippen molar-refractivity contribution >= 4 is 22.8 Å². The van der Waals surface area contributed by atoms with E-state index in [9.17, 15) is 0 Å². The number of anilines is 1. The van der Waals surface area contributed by atoms with E-state index in [0.717, 1.165) is 27.6 Å². The maximum Gasteiger partial charge on any atom is 0.140 e. The van der Waals surface area contributed by atoms with E-state index in [2.05, 4.69) is 55.6 Å². The number of imidazole rings is 1. The first-order valence-corrected chi connectivity index (χ1v) is 8.08. The molecule has 1 N–H and O–H groups in total. The highest BCUT2D eigenvalue weighted by molar-refractivity contribution is 7.13. The SMILES string of the molecule is C#Cc1ccsc1-c1nc2ccc(C)cn2c1NC(C)(C)C. The summed E-state index contributed by atoms with van der Waals surface area (Å²) in [6.07, 6.45) is 7.73. The summed E-state index contributed by atoms with van der Waals surface area (Å²) in [6.45, 7) is 8.51. The van der Waals surface area contributed by atoms with E-state index in [4.69, 9.17) is 11.4 Å². The van der Waals surface area contributed by atoms with Gasteiger partial charge in [0.2, 0.25) is 0 Å². The van der Waals surface area contributed by atoms with E-state index >= 15 is 0 Å². The zero-order chi connectivity index (χ0) is 15.9. The first kappa shape index (κ1) is 14.7. The maximum atomic E-state index is 5.63. The van der Waals surface area contributed by atoms with E-state index in [0.29, 0.717) is 0 Å². The van der Waals surface area contributed by atoms with Gasteiger partial charge < -0.3 is 5.32 Å². The van der Waals surface area contributed by atoms with Crippen LogP contribution in [0.3, 0.4) is 0 Å². The number of terminal acetylenes is 1. The summed E-state index contributed by atoms with van der Waals surface area (Å²) in [5.41, 5.74) is 3.85. The Balaban J connectivity index is 2.29. The third kappa shape index (κ3) is 2.60. The van der Waals surface area contributed by atoms with Gasteiger partial charge in [-0.15, -0.1) is 17.8 Å². The molecular formula is C18H19N3S. The van der Waals surface area contributed by atoms with Crippen molar-refractivity contribution < 1.29 is 0 Å². The predicted molar refractivity (Wildman–Crippen MR) is 94.6 cm³/mol. The topological polar surface area (TPSA) is 29.3 Å². The van der Waals surface area contributed by atoms with Crippen LogP contribution in [0.15, 0.2) is 29.8 Å². The fourth-order valence-electron chi connectivity index (χ4n) is 2.39. The van der Waals surface area contributed by atoms with Crippen molar-refractivity contribution in [1.82, 2.24) is 9.38 Å². The molecule has 0 amide bonds. The lowest BCUT2D eigenvalue weighted by Crippen LogP contribution is -2.27. The van der Waals surface area contributed by atoms with Crippen LogP contribution in [-0.2, 0) is 0 Å². The van der Waals surface area contributed by atoms with Gasteiger partial charge in [-0.2, -0.15) is 0 Å². The standard InChI is InChI=1S/C18H19N3S/c1-6-13-9-10-22-16(13)15-17(20-18(3,4)5)21-11-12(2)7-8-14(21)19-15/h1,7-11,20H,2-5H3. The van der Waals surface area contributed by atoms with Crippen LogP contribution in [0.2, 0.25) is 0 Å². The summed E-state index contributed by atoms with van der Waals surface area (Å²) >= 11 is 1.63. The lowest BCUT2D eigenvalue weighted by atomic mass is 10.1. The molecule has 3 aromatic rings. The van der Waals surface area contributed by atoms with Crippen LogP contribution in [0.4, 0.5) is 5.82 Å². The van der Waals surface area contributed by atoms with Crippen molar-refractivity contribution in [1.29, 1.82) is 0 Å². The third-order valence-electron chi connectivity index (χ3n) is 3.30. The summed E-state index contributed by atoms with van der Waals surface area (Å²) in [6, 6.07) is 6.08. The van der Waals surface area contributed by atoms with Gasteiger partial charge in [-0.05, 0) is 50.8 Å². The summed E-state index contributed by atoms with van der Waals surface area (Å²) in [5.74, 6) is 3.74. The summed E-state index contributed by atoms with van der Waals surface area (Å²) < 4.78 is 2.11. The lowest BCUT2D eigenvalue weighted by molar-refractivity contribution is 0.629. The molecule has 0 saturated carbocycles. The average molecular weight is 309 g/mol. The second-order valence-corrected chi connectivity index (χ2v) is 7.34. The normalized spacial score (nSPS) is 11.6. The van der Waals surface area contributed by atoms with Crippen molar-refractivity contribution in [2.45, 2.75) is 33.2 Å². The van der Waals surface area contributed by atoms with Crippen LogP contribution >= 0.6 is 11.3 Å². The highest BCUT2D eigenvalue weighted by Crippen LogP contribution is 2.36. The molecule has 0 atom stereocenters. The van der Waals surface area contributed by atoms with Crippen molar-refractivity contribution in [2.24, 2.45) is 0 Å². The van der Waals surface area contributed by atoms with Gasteiger partial charge in [0.1, 0.15) is 17.2 Å². The molecule has 3 rings (SSSR count). The van der Waals surface area contributed by atoms with E-state index < -0.39 is 0 Å². The molecule has 3 nitrogen and oxygen atoms in total. The van der Waals surface area contributed by atoms with Gasteiger partial charge in [0.05, 0.1) is 4.88 Å². The Morgan fingerprint density at radius 3 is 2.73 bits per heavy atom. The molecule has 0 aliphatic carbocycles. The quantitative estimate of drug-likeness (QED) is 0.703. The summed E-state index contributed by atoms with van der Waals surface area (Å²) in [5, 5.41) is 5.59. The summed E-state index contributed by atoms with van der Waals surface area (Å²) in [7, 11) is 0. The van der Waals surface area contributed by atoms with Gasteiger partial charge in [0.25, 0.3) is 0 Å². The highest BCUT2D eigenvalue weighted by Gasteiger charge is 2.21. The van der Waals surface area contributed by atoms with Crippen molar-refractivity contribution in [3.05, 3.63) is 40.9 Å². The van der Waals surface area contributed by atoms with Crippen molar-refractivity contribution in [2.75, 3.05) is 5.32 Å². The molecule has 0 aromatic carbocycles. The van der Waals surface area contributed by atoms with Gasteiger partial charge >= 0.3 is 0 Å². The Bertz CT molecular complexity index is 872. The zero-order valence-corrected chi connectivity index (χ0v) is 14.1. The summed E-state index contributed by atoms with van der Waals surface area (Å²) in [4.78, 5) is 5.84. The van der Waals surface area contributed by atoms with Crippen molar-refractivity contribution in [3.63, 3.8) is 0 Å². The fourth-order valence-corrected chi connectivity index (χ4v) is 3.24. The molecular weight excluding hydrogens is 290 g/mol. The first-order valence-electron chi connectivity index (χ1n) is 7.20. The number of nitrogens with one attached hydrogen (secondary N) is 1. The van der Waals surface area contributed by atoms with E-state index in [1.54, 1.807) is 11.3 Å². The minimum absolute atomic E-state index is 0.0674. The van der Waals surface area contributed by atoms with Gasteiger partial charge in [0, 0.05) is 17.3 Å². The molecule has 0 saturated heterocycles. The van der Waals surface area contributed by atoms with Gasteiger partial charge in [-0.3, -0.25) is 4.40 Å². The monoisotopic (exact) mass is 309 g/mol. The van der Waals surface area contributed by atoms with Gasteiger partial charge in [-0.1, -0.05) is 12.0 Å². The molecule has 112 valence electrons. The number of hydrogen-bond donors (Lipinski definition) is 1. The Morgan fingerprint density at radius 1 is 1.27 bits per heavy atom. The molecule has 0 aliphatic rings. The lowest BCUT2D eigenvalue weighted by Gasteiger charge is -2.22. The van der Waals surface area contributed by atoms with Crippen molar-refractivity contribution in [3.8, 4) is 22.9 Å². The van der Waals surface area contributed by atoms with Crippen LogP contribution in [0.1, 0.15) is 31.9 Å². The Kier molecular flexibility index (Phi) is 3.46. The first-order chi connectivity index (χ1) is 10.4. The molecule has 0 aliphatic heterocycles. The van der Waals surface area contributed by atoms with Crippen LogP contribution < -0.4 is 5.32 Å². The number of hydrogen-bond acceptors (Lipinski definition) is 3. The molecule has 22 heavy (non-hydrogen) atoms. The number of nitrogens with zero attached hydrogens (tertiary/aromatic N) is 2. The predicted octanol–water partition coefficient (Wildman–Crippen LogP) is 4.56. The highest BCUT2D eigenvalue weighted by atomic mass is 32.1. The van der Waals surface area contributed by atoms with Crippen LogP contribution in [0, 0.1) is 19.3 Å². The van der Waals surface area contributed by atoms with Gasteiger partial charge in [-0.25, -0.2) is 4.98 Å². The minimum atomic E-state index is -0.0674. The molecule has 3 aromatic heterocycles. The third-order valence-corrected chi connectivity index (χ3v) is 4.22.